The van der Waals surface area contributed by atoms with E-state index in [1.54, 1.807) is 36.5 Å². The topological polar surface area (TPSA) is 48.1 Å². The monoisotopic (exact) mass is 302 g/mol. The molecule has 5 heteroatoms. The standard InChI is InChI=1S/C16H12ClFN2O/c1-9-7-10(4-5-12(9)17)21-16-13(18)8-14(19)11-3-2-6-20-15(11)16/h2-8H,19H2,1H3. The Bertz CT molecular complexity index is 836. The Kier molecular flexibility index (Phi) is 3.39. The van der Waals surface area contributed by atoms with Crippen molar-refractivity contribution in [1.82, 2.24) is 4.98 Å². The van der Waals surface area contributed by atoms with E-state index < -0.39 is 5.82 Å². The molecule has 0 bridgehead atoms. The van der Waals surface area contributed by atoms with E-state index in [9.17, 15) is 4.39 Å². The molecule has 106 valence electrons. The highest BCUT2D eigenvalue weighted by Gasteiger charge is 2.14. The van der Waals surface area contributed by atoms with E-state index in [0.717, 1.165) is 5.56 Å². The summed E-state index contributed by atoms with van der Waals surface area (Å²) >= 11 is 5.97. The van der Waals surface area contributed by atoms with E-state index in [-0.39, 0.29) is 5.75 Å². The fourth-order valence-corrected chi connectivity index (χ4v) is 2.23. The number of fused-ring (bicyclic) bond motifs is 1. The van der Waals surface area contributed by atoms with Crippen LogP contribution in [-0.4, -0.2) is 4.98 Å². The number of rotatable bonds is 2. The van der Waals surface area contributed by atoms with Crippen molar-refractivity contribution in [2.45, 2.75) is 6.92 Å². The molecular weight excluding hydrogens is 291 g/mol. The minimum absolute atomic E-state index is 0.0570. The highest BCUT2D eigenvalue weighted by Crippen LogP contribution is 2.35. The third-order valence-electron chi connectivity index (χ3n) is 3.18. The first-order valence-corrected chi connectivity index (χ1v) is 6.71. The Balaban J connectivity index is 2.14. The number of aryl methyl sites for hydroxylation is 1. The second kappa shape index (κ2) is 5.22. The van der Waals surface area contributed by atoms with Gasteiger partial charge >= 0.3 is 0 Å². The molecule has 0 spiro atoms. The van der Waals surface area contributed by atoms with Crippen LogP contribution in [-0.2, 0) is 0 Å². The molecule has 2 aromatic carbocycles. The average Bonchev–Trinajstić information content (AvgIpc) is 2.47. The Labute approximate surface area is 126 Å². The van der Waals surface area contributed by atoms with Crippen molar-refractivity contribution in [3.63, 3.8) is 0 Å². The number of pyridine rings is 1. The molecule has 0 saturated heterocycles. The molecule has 3 aromatic rings. The van der Waals surface area contributed by atoms with Gasteiger partial charge in [-0.1, -0.05) is 11.6 Å². The van der Waals surface area contributed by atoms with Crippen molar-refractivity contribution in [2.24, 2.45) is 0 Å². The second-order valence-electron chi connectivity index (χ2n) is 4.69. The first kappa shape index (κ1) is 13.6. The molecule has 0 saturated carbocycles. The van der Waals surface area contributed by atoms with Gasteiger partial charge in [0.2, 0.25) is 0 Å². The lowest BCUT2D eigenvalue weighted by atomic mass is 10.1. The zero-order valence-electron chi connectivity index (χ0n) is 11.2. The number of anilines is 1. The van der Waals surface area contributed by atoms with Gasteiger partial charge in [0.05, 0.1) is 0 Å². The Morgan fingerprint density at radius 2 is 2.05 bits per heavy atom. The summed E-state index contributed by atoms with van der Waals surface area (Å²) in [7, 11) is 0. The molecule has 0 aliphatic carbocycles. The van der Waals surface area contributed by atoms with Crippen LogP contribution < -0.4 is 10.5 Å². The number of hydrogen-bond donors (Lipinski definition) is 1. The lowest BCUT2D eigenvalue weighted by Crippen LogP contribution is -1.96. The van der Waals surface area contributed by atoms with Crippen LogP contribution in [0.3, 0.4) is 0 Å². The van der Waals surface area contributed by atoms with Crippen LogP contribution in [0.15, 0.2) is 42.6 Å². The molecule has 3 rings (SSSR count). The lowest BCUT2D eigenvalue weighted by molar-refractivity contribution is 0.447. The molecule has 0 aliphatic heterocycles. The van der Waals surface area contributed by atoms with Crippen molar-refractivity contribution in [2.75, 3.05) is 5.73 Å². The predicted molar refractivity (Wildman–Crippen MR) is 82.4 cm³/mol. The summed E-state index contributed by atoms with van der Waals surface area (Å²) in [6.07, 6.45) is 1.57. The van der Waals surface area contributed by atoms with Crippen LogP contribution in [0.5, 0.6) is 11.5 Å². The molecule has 1 heterocycles. The maximum absolute atomic E-state index is 14.2. The van der Waals surface area contributed by atoms with Gasteiger partial charge < -0.3 is 10.5 Å². The predicted octanol–water partition coefficient (Wildman–Crippen LogP) is 4.71. The molecular formula is C16H12ClFN2O. The van der Waals surface area contributed by atoms with Gasteiger partial charge in [0.1, 0.15) is 11.3 Å². The Morgan fingerprint density at radius 1 is 1.24 bits per heavy atom. The van der Waals surface area contributed by atoms with E-state index in [4.69, 9.17) is 22.1 Å². The second-order valence-corrected chi connectivity index (χ2v) is 5.10. The maximum Gasteiger partial charge on any atom is 0.189 e. The smallest absolute Gasteiger partial charge is 0.189 e. The quantitative estimate of drug-likeness (QED) is 0.697. The van der Waals surface area contributed by atoms with E-state index >= 15 is 0 Å². The molecule has 2 N–H and O–H groups in total. The molecule has 0 atom stereocenters. The number of hydrogen-bond acceptors (Lipinski definition) is 3. The fraction of sp³-hybridized carbons (Fsp3) is 0.0625. The van der Waals surface area contributed by atoms with Crippen molar-refractivity contribution >= 4 is 28.2 Å². The summed E-state index contributed by atoms with van der Waals surface area (Å²) in [5.74, 6) is 0.000324. The van der Waals surface area contributed by atoms with Crippen LogP contribution in [0, 0.1) is 12.7 Å². The third-order valence-corrected chi connectivity index (χ3v) is 3.61. The number of nitrogens with two attached hydrogens (primary N) is 1. The van der Waals surface area contributed by atoms with Crippen molar-refractivity contribution in [3.05, 3.63) is 59.0 Å². The molecule has 3 nitrogen and oxygen atoms in total. The van der Waals surface area contributed by atoms with Gasteiger partial charge in [0.25, 0.3) is 0 Å². The zero-order valence-corrected chi connectivity index (χ0v) is 12.0. The van der Waals surface area contributed by atoms with E-state index in [0.29, 0.717) is 27.4 Å². The summed E-state index contributed by atoms with van der Waals surface area (Å²) < 4.78 is 19.8. The number of nitrogens with zero attached hydrogens (tertiary/aromatic N) is 1. The molecule has 0 aliphatic rings. The molecule has 0 amide bonds. The number of nitrogen functional groups attached to an aromatic ring is 1. The number of ether oxygens (including phenoxy) is 1. The minimum atomic E-state index is -0.550. The van der Waals surface area contributed by atoms with Crippen LogP contribution in [0.4, 0.5) is 10.1 Å². The largest absolute Gasteiger partial charge is 0.452 e. The van der Waals surface area contributed by atoms with Crippen molar-refractivity contribution in [3.8, 4) is 11.5 Å². The number of halogens is 2. The zero-order chi connectivity index (χ0) is 15.0. The molecule has 21 heavy (non-hydrogen) atoms. The van der Waals surface area contributed by atoms with Crippen molar-refractivity contribution in [1.29, 1.82) is 0 Å². The highest BCUT2D eigenvalue weighted by atomic mass is 35.5. The van der Waals surface area contributed by atoms with Gasteiger partial charge in [-0.15, -0.1) is 0 Å². The first-order valence-electron chi connectivity index (χ1n) is 6.33. The SMILES string of the molecule is Cc1cc(Oc2c(F)cc(N)c3cccnc23)ccc1Cl. The van der Waals surface area contributed by atoms with Gasteiger partial charge in [-0.05, 0) is 42.8 Å². The number of benzene rings is 2. The van der Waals surface area contributed by atoms with Gasteiger partial charge in [-0.25, -0.2) is 4.39 Å². The van der Waals surface area contributed by atoms with Gasteiger partial charge in [-0.3, -0.25) is 4.98 Å². The molecule has 1 aromatic heterocycles. The fourth-order valence-electron chi connectivity index (χ4n) is 2.11. The molecule has 0 unspecified atom stereocenters. The number of aromatic nitrogens is 1. The maximum atomic E-state index is 14.2. The highest BCUT2D eigenvalue weighted by molar-refractivity contribution is 6.31. The van der Waals surface area contributed by atoms with Crippen LogP contribution >= 0.6 is 11.6 Å². The van der Waals surface area contributed by atoms with E-state index in [1.165, 1.54) is 6.07 Å². The molecule has 0 radical (unpaired) electrons. The minimum Gasteiger partial charge on any atom is -0.452 e. The third kappa shape index (κ3) is 2.50. The van der Waals surface area contributed by atoms with Gasteiger partial charge in [-0.2, -0.15) is 0 Å². The normalized spacial score (nSPS) is 10.8. The summed E-state index contributed by atoms with van der Waals surface area (Å²) in [4.78, 5) is 4.17. The van der Waals surface area contributed by atoms with Gasteiger partial charge in [0.15, 0.2) is 11.6 Å². The Hall–Kier alpha value is -2.33. The van der Waals surface area contributed by atoms with Crippen LogP contribution in [0.25, 0.3) is 10.9 Å². The van der Waals surface area contributed by atoms with E-state index in [2.05, 4.69) is 4.98 Å². The summed E-state index contributed by atoms with van der Waals surface area (Å²) in [6, 6.07) is 9.88. The summed E-state index contributed by atoms with van der Waals surface area (Å²) in [5.41, 5.74) is 7.38. The first-order chi connectivity index (χ1) is 10.1. The van der Waals surface area contributed by atoms with E-state index in [1.807, 2.05) is 6.92 Å². The average molecular weight is 303 g/mol. The van der Waals surface area contributed by atoms with Crippen LogP contribution in [0.1, 0.15) is 5.56 Å². The Morgan fingerprint density at radius 3 is 2.81 bits per heavy atom. The lowest BCUT2D eigenvalue weighted by Gasteiger charge is -2.11. The molecule has 0 fully saturated rings. The summed E-state index contributed by atoms with van der Waals surface area (Å²) in [5, 5.41) is 1.28. The summed E-state index contributed by atoms with van der Waals surface area (Å²) in [6.45, 7) is 1.85. The van der Waals surface area contributed by atoms with Crippen molar-refractivity contribution < 1.29 is 9.13 Å². The van der Waals surface area contributed by atoms with Gasteiger partial charge in [0, 0.05) is 28.4 Å². The van der Waals surface area contributed by atoms with Crippen LogP contribution in [0.2, 0.25) is 5.02 Å².